The monoisotopic (exact) mass is 384 g/mol. The highest BCUT2D eigenvalue weighted by atomic mass is 35.5. The SMILES string of the molecule is Cl.O=C(Nc1cccc(CS(=O)C2CCCCC2)c1)C1CCCNC1. The van der Waals surface area contributed by atoms with Crippen LogP contribution in [-0.4, -0.2) is 28.5 Å². The van der Waals surface area contributed by atoms with Crippen LogP contribution in [0.1, 0.15) is 50.5 Å². The van der Waals surface area contributed by atoms with Gasteiger partial charge in [0.15, 0.2) is 0 Å². The summed E-state index contributed by atoms with van der Waals surface area (Å²) in [6, 6.07) is 7.86. The quantitative estimate of drug-likeness (QED) is 0.814. The van der Waals surface area contributed by atoms with E-state index in [0.29, 0.717) is 11.0 Å². The fourth-order valence-corrected chi connectivity index (χ4v) is 5.27. The topological polar surface area (TPSA) is 58.2 Å². The van der Waals surface area contributed by atoms with E-state index in [9.17, 15) is 9.00 Å². The molecule has 1 saturated heterocycles. The van der Waals surface area contributed by atoms with E-state index in [1.807, 2.05) is 24.3 Å². The van der Waals surface area contributed by atoms with Gasteiger partial charge in [-0.2, -0.15) is 0 Å². The van der Waals surface area contributed by atoms with Crippen LogP contribution in [0.2, 0.25) is 0 Å². The van der Waals surface area contributed by atoms with Crippen molar-refractivity contribution in [2.24, 2.45) is 5.92 Å². The third-order valence-electron chi connectivity index (χ3n) is 5.10. The molecule has 1 amide bonds. The molecule has 1 aliphatic heterocycles. The molecule has 1 aliphatic carbocycles. The molecule has 0 spiro atoms. The van der Waals surface area contributed by atoms with Crippen molar-refractivity contribution < 1.29 is 9.00 Å². The number of amides is 1. The Bertz CT molecular complexity index is 537. The van der Waals surface area contributed by atoms with E-state index in [0.717, 1.165) is 50.0 Å². The highest BCUT2D eigenvalue weighted by molar-refractivity contribution is 7.84. The molecule has 0 aromatic heterocycles. The molecule has 3 rings (SSSR count). The fraction of sp³-hybridized carbons (Fsp3) is 0.632. The highest BCUT2D eigenvalue weighted by Crippen LogP contribution is 2.24. The lowest BCUT2D eigenvalue weighted by Gasteiger charge is -2.22. The van der Waals surface area contributed by atoms with Gasteiger partial charge in [0, 0.05) is 34.0 Å². The van der Waals surface area contributed by atoms with Gasteiger partial charge in [-0.05, 0) is 49.9 Å². The Morgan fingerprint density at radius 1 is 1.16 bits per heavy atom. The summed E-state index contributed by atoms with van der Waals surface area (Å²) in [5, 5.41) is 6.65. The van der Waals surface area contributed by atoms with E-state index in [-0.39, 0.29) is 24.2 Å². The van der Waals surface area contributed by atoms with Crippen LogP contribution >= 0.6 is 12.4 Å². The first kappa shape index (κ1) is 20.4. The summed E-state index contributed by atoms with van der Waals surface area (Å²) >= 11 is 0. The summed E-state index contributed by atoms with van der Waals surface area (Å²) in [4.78, 5) is 12.3. The number of carbonyl (C=O) groups is 1. The van der Waals surface area contributed by atoms with Gasteiger partial charge in [0.05, 0.1) is 5.92 Å². The molecule has 2 aliphatic rings. The normalized spacial score (nSPS) is 22.6. The molecule has 1 aromatic rings. The van der Waals surface area contributed by atoms with Gasteiger partial charge in [0.25, 0.3) is 0 Å². The van der Waals surface area contributed by atoms with Gasteiger partial charge >= 0.3 is 0 Å². The number of nitrogens with one attached hydrogen (secondary N) is 2. The number of halogens is 1. The van der Waals surface area contributed by atoms with Crippen LogP contribution in [0, 0.1) is 5.92 Å². The van der Waals surface area contributed by atoms with Crippen molar-refractivity contribution in [1.82, 2.24) is 5.32 Å². The van der Waals surface area contributed by atoms with Gasteiger partial charge in [0.1, 0.15) is 0 Å². The molecule has 2 atom stereocenters. The van der Waals surface area contributed by atoms with Crippen LogP contribution in [-0.2, 0) is 21.3 Å². The van der Waals surface area contributed by atoms with Crippen LogP contribution in [0.25, 0.3) is 0 Å². The van der Waals surface area contributed by atoms with Crippen molar-refractivity contribution in [3.05, 3.63) is 29.8 Å². The van der Waals surface area contributed by atoms with Crippen molar-refractivity contribution in [3.63, 3.8) is 0 Å². The van der Waals surface area contributed by atoms with Crippen LogP contribution in [0.15, 0.2) is 24.3 Å². The maximum absolute atomic E-state index is 12.6. The second kappa shape index (κ2) is 10.3. The lowest BCUT2D eigenvalue weighted by Crippen LogP contribution is -2.37. The van der Waals surface area contributed by atoms with Crippen molar-refractivity contribution in [2.75, 3.05) is 18.4 Å². The molecule has 4 nitrogen and oxygen atoms in total. The average Bonchev–Trinajstić information content (AvgIpc) is 2.63. The fourth-order valence-electron chi connectivity index (χ4n) is 3.67. The van der Waals surface area contributed by atoms with Gasteiger partial charge in [-0.1, -0.05) is 31.4 Å². The number of carbonyl (C=O) groups excluding carboxylic acids is 1. The van der Waals surface area contributed by atoms with E-state index in [2.05, 4.69) is 10.6 Å². The Morgan fingerprint density at radius 3 is 2.68 bits per heavy atom. The van der Waals surface area contributed by atoms with Crippen molar-refractivity contribution in [2.45, 2.75) is 55.9 Å². The molecule has 6 heteroatoms. The molecule has 1 saturated carbocycles. The number of hydrogen-bond donors (Lipinski definition) is 2. The van der Waals surface area contributed by atoms with E-state index < -0.39 is 10.8 Å². The van der Waals surface area contributed by atoms with E-state index in [4.69, 9.17) is 0 Å². The number of anilines is 1. The summed E-state index contributed by atoms with van der Waals surface area (Å²) in [6.07, 6.45) is 7.90. The van der Waals surface area contributed by atoms with Crippen molar-refractivity contribution in [1.29, 1.82) is 0 Å². The van der Waals surface area contributed by atoms with Gasteiger partial charge in [0.2, 0.25) is 5.91 Å². The summed E-state index contributed by atoms with van der Waals surface area (Å²) in [7, 11) is -0.805. The zero-order chi connectivity index (χ0) is 16.8. The number of hydrogen-bond acceptors (Lipinski definition) is 3. The van der Waals surface area contributed by atoms with Crippen LogP contribution < -0.4 is 10.6 Å². The summed E-state index contributed by atoms with van der Waals surface area (Å²) in [5.74, 6) is 0.742. The molecule has 0 radical (unpaired) electrons. The summed E-state index contributed by atoms with van der Waals surface area (Å²) in [6.45, 7) is 1.77. The Labute approximate surface area is 159 Å². The predicted octanol–water partition coefficient (Wildman–Crippen LogP) is 3.63. The largest absolute Gasteiger partial charge is 0.326 e. The molecule has 25 heavy (non-hydrogen) atoms. The lowest BCUT2D eigenvalue weighted by atomic mass is 9.99. The number of piperidine rings is 1. The lowest BCUT2D eigenvalue weighted by molar-refractivity contribution is -0.120. The maximum Gasteiger partial charge on any atom is 0.228 e. The Hall–Kier alpha value is -0.910. The molecule has 2 unspecified atom stereocenters. The second-order valence-corrected chi connectivity index (χ2v) is 8.73. The maximum atomic E-state index is 12.6. The minimum Gasteiger partial charge on any atom is -0.326 e. The zero-order valence-electron chi connectivity index (χ0n) is 14.7. The van der Waals surface area contributed by atoms with Gasteiger partial charge < -0.3 is 10.6 Å². The van der Waals surface area contributed by atoms with Crippen LogP contribution in [0.5, 0.6) is 0 Å². The molecular weight excluding hydrogens is 356 g/mol. The molecular formula is C19H29ClN2O2S. The summed E-state index contributed by atoms with van der Waals surface area (Å²) in [5.41, 5.74) is 1.88. The number of rotatable bonds is 5. The third kappa shape index (κ3) is 6.08. The summed E-state index contributed by atoms with van der Waals surface area (Å²) < 4.78 is 12.6. The highest BCUT2D eigenvalue weighted by Gasteiger charge is 2.22. The molecule has 0 bridgehead atoms. The minimum absolute atomic E-state index is 0. The Morgan fingerprint density at radius 2 is 1.96 bits per heavy atom. The molecule has 1 heterocycles. The predicted molar refractivity (Wildman–Crippen MR) is 107 cm³/mol. The van der Waals surface area contributed by atoms with Crippen molar-refractivity contribution >= 4 is 34.8 Å². The van der Waals surface area contributed by atoms with E-state index in [1.54, 1.807) is 0 Å². The Balaban J connectivity index is 0.00000225. The van der Waals surface area contributed by atoms with Gasteiger partial charge in [-0.15, -0.1) is 12.4 Å². The van der Waals surface area contributed by atoms with Crippen LogP contribution in [0.4, 0.5) is 5.69 Å². The molecule has 2 fully saturated rings. The van der Waals surface area contributed by atoms with E-state index >= 15 is 0 Å². The first-order valence-electron chi connectivity index (χ1n) is 9.20. The Kier molecular flexibility index (Phi) is 8.40. The standard InChI is InChI=1S/C19H28N2O2S.ClH/c22-19(16-7-5-11-20-13-16)21-17-8-4-6-15(12-17)14-24(23)18-9-2-1-3-10-18;/h4,6,8,12,16,18,20H,1-3,5,7,9-11,13-14H2,(H,21,22);1H. The molecule has 2 N–H and O–H groups in total. The molecule has 1 aromatic carbocycles. The average molecular weight is 385 g/mol. The van der Waals surface area contributed by atoms with Gasteiger partial charge in [-0.3, -0.25) is 9.00 Å². The first-order valence-corrected chi connectivity index (χ1v) is 10.6. The minimum atomic E-state index is -0.805. The van der Waals surface area contributed by atoms with Gasteiger partial charge in [-0.25, -0.2) is 0 Å². The van der Waals surface area contributed by atoms with Crippen LogP contribution in [0.3, 0.4) is 0 Å². The second-order valence-electron chi connectivity index (χ2n) is 7.02. The molecule has 140 valence electrons. The number of benzene rings is 1. The van der Waals surface area contributed by atoms with Crippen molar-refractivity contribution in [3.8, 4) is 0 Å². The zero-order valence-corrected chi connectivity index (χ0v) is 16.3. The third-order valence-corrected chi connectivity index (χ3v) is 6.93. The van der Waals surface area contributed by atoms with E-state index in [1.165, 1.54) is 19.3 Å². The first-order chi connectivity index (χ1) is 11.7. The smallest absolute Gasteiger partial charge is 0.228 e.